The number of halogens is 1. The standard InChI is InChI=1S/C25H34ClN3O5/c1-4-33-24(31)21-17(3)27-20(16-29-12-10-28(11-13-29)14-15-30)23(25(32)34-5-2)22(21)18-8-6-7-9-19(18)26/h6-9,22,27,30H,4-5,10-16H2,1-3H3. The number of nitrogens with zero attached hydrogens (tertiary/aromatic N) is 2. The van der Waals surface area contributed by atoms with E-state index in [1.165, 1.54) is 0 Å². The van der Waals surface area contributed by atoms with Gasteiger partial charge in [0.05, 0.1) is 36.9 Å². The number of aliphatic hydroxyl groups excluding tert-OH is 1. The predicted octanol–water partition coefficient (Wildman–Crippen LogP) is 2.29. The highest BCUT2D eigenvalue weighted by molar-refractivity contribution is 6.31. The van der Waals surface area contributed by atoms with Crippen molar-refractivity contribution in [2.45, 2.75) is 26.7 Å². The van der Waals surface area contributed by atoms with Crippen LogP contribution in [-0.2, 0) is 19.1 Å². The summed E-state index contributed by atoms with van der Waals surface area (Å²) in [5.41, 5.74) is 2.71. The zero-order chi connectivity index (χ0) is 24.7. The number of rotatable bonds is 9. The van der Waals surface area contributed by atoms with Gasteiger partial charge in [0.1, 0.15) is 0 Å². The zero-order valence-electron chi connectivity index (χ0n) is 20.1. The number of esters is 2. The van der Waals surface area contributed by atoms with E-state index in [2.05, 4.69) is 15.1 Å². The molecule has 0 aliphatic carbocycles. The van der Waals surface area contributed by atoms with Gasteiger partial charge in [0.2, 0.25) is 0 Å². The second-order valence-corrected chi connectivity index (χ2v) is 8.70. The van der Waals surface area contributed by atoms with Gasteiger partial charge in [-0.05, 0) is 32.4 Å². The molecule has 34 heavy (non-hydrogen) atoms. The van der Waals surface area contributed by atoms with E-state index in [-0.39, 0.29) is 19.8 Å². The molecule has 0 saturated carbocycles. The number of ether oxygens (including phenoxy) is 2. The summed E-state index contributed by atoms with van der Waals surface area (Å²) in [6, 6.07) is 7.23. The number of carbonyl (C=O) groups is 2. The Morgan fingerprint density at radius 2 is 1.62 bits per heavy atom. The van der Waals surface area contributed by atoms with Crippen LogP contribution in [0.1, 0.15) is 32.3 Å². The summed E-state index contributed by atoms with van der Waals surface area (Å²) in [6.45, 7) is 10.3. The van der Waals surface area contributed by atoms with E-state index in [9.17, 15) is 14.7 Å². The first-order valence-electron chi connectivity index (χ1n) is 11.8. The monoisotopic (exact) mass is 491 g/mol. The van der Waals surface area contributed by atoms with Crippen molar-refractivity contribution in [3.8, 4) is 0 Å². The fourth-order valence-corrected chi connectivity index (χ4v) is 4.75. The van der Waals surface area contributed by atoms with Crippen molar-refractivity contribution in [2.75, 3.05) is 59.1 Å². The summed E-state index contributed by atoms with van der Waals surface area (Å²) in [4.78, 5) is 30.8. The smallest absolute Gasteiger partial charge is 0.336 e. The summed E-state index contributed by atoms with van der Waals surface area (Å²) in [7, 11) is 0. The van der Waals surface area contributed by atoms with Crippen molar-refractivity contribution in [3.63, 3.8) is 0 Å². The molecule has 3 rings (SSSR count). The Hall–Kier alpha value is -2.39. The van der Waals surface area contributed by atoms with Gasteiger partial charge < -0.3 is 19.9 Å². The number of dihydropyridines is 1. The van der Waals surface area contributed by atoms with Crippen molar-refractivity contribution in [2.24, 2.45) is 0 Å². The average Bonchev–Trinajstić information content (AvgIpc) is 2.80. The Labute approximate surface area is 206 Å². The minimum Gasteiger partial charge on any atom is -0.463 e. The van der Waals surface area contributed by atoms with Crippen LogP contribution in [0.5, 0.6) is 0 Å². The van der Waals surface area contributed by atoms with E-state index in [1.54, 1.807) is 19.9 Å². The maximum absolute atomic E-state index is 13.3. The number of carbonyl (C=O) groups excluding carboxylic acids is 2. The van der Waals surface area contributed by atoms with Crippen LogP contribution in [0.3, 0.4) is 0 Å². The normalized spacial score (nSPS) is 19.7. The molecule has 0 radical (unpaired) electrons. The summed E-state index contributed by atoms with van der Waals surface area (Å²) in [5.74, 6) is -1.68. The van der Waals surface area contributed by atoms with Crippen LogP contribution in [0.15, 0.2) is 46.8 Å². The number of aliphatic hydroxyl groups is 1. The largest absolute Gasteiger partial charge is 0.463 e. The second-order valence-electron chi connectivity index (χ2n) is 8.29. The molecule has 2 heterocycles. The minimum atomic E-state index is -0.710. The fourth-order valence-electron chi connectivity index (χ4n) is 4.51. The van der Waals surface area contributed by atoms with Gasteiger partial charge in [0, 0.05) is 55.7 Å². The van der Waals surface area contributed by atoms with Crippen LogP contribution < -0.4 is 5.32 Å². The number of nitrogens with one attached hydrogen (secondary N) is 1. The molecule has 1 atom stereocenters. The van der Waals surface area contributed by atoms with Crippen LogP contribution in [0.4, 0.5) is 0 Å². The molecule has 1 unspecified atom stereocenters. The molecule has 2 aliphatic heterocycles. The molecule has 1 fully saturated rings. The van der Waals surface area contributed by atoms with Crippen LogP contribution in [0.25, 0.3) is 0 Å². The lowest BCUT2D eigenvalue weighted by molar-refractivity contribution is -0.139. The van der Waals surface area contributed by atoms with Gasteiger partial charge in [-0.15, -0.1) is 0 Å². The van der Waals surface area contributed by atoms with Crippen LogP contribution in [0.2, 0.25) is 5.02 Å². The fraction of sp³-hybridized carbons (Fsp3) is 0.520. The topological polar surface area (TPSA) is 91.3 Å². The van der Waals surface area contributed by atoms with Crippen molar-refractivity contribution >= 4 is 23.5 Å². The molecule has 1 aromatic carbocycles. The van der Waals surface area contributed by atoms with Gasteiger partial charge in [-0.1, -0.05) is 29.8 Å². The molecule has 1 aromatic rings. The maximum atomic E-state index is 13.3. The number of piperazine rings is 1. The predicted molar refractivity (Wildman–Crippen MR) is 130 cm³/mol. The van der Waals surface area contributed by atoms with E-state index in [1.807, 2.05) is 25.1 Å². The minimum absolute atomic E-state index is 0.139. The molecule has 0 spiro atoms. The summed E-state index contributed by atoms with van der Waals surface area (Å²) in [5, 5.41) is 13.0. The number of hydrogen-bond donors (Lipinski definition) is 2. The van der Waals surface area contributed by atoms with Gasteiger partial charge in [0.25, 0.3) is 0 Å². The average molecular weight is 492 g/mol. The van der Waals surface area contributed by atoms with E-state index in [0.29, 0.717) is 46.2 Å². The highest BCUT2D eigenvalue weighted by Crippen LogP contribution is 2.42. The summed E-state index contributed by atoms with van der Waals surface area (Å²) in [6.07, 6.45) is 0. The lowest BCUT2D eigenvalue weighted by Gasteiger charge is -2.37. The number of hydrogen-bond acceptors (Lipinski definition) is 8. The molecule has 9 heteroatoms. The SMILES string of the molecule is CCOC(=O)C1=C(C)NC(CN2CCN(CCO)CC2)=C(C(=O)OCC)C1c1ccccc1Cl. The Morgan fingerprint density at radius 1 is 1.03 bits per heavy atom. The molecule has 0 aromatic heterocycles. The molecular weight excluding hydrogens is 458 g/mol. The number of allylic oxidation sites excluding steroid dienone is 1. The molecule has 2 N–H and O–H groups in total. The Balaban J connectivity index is 2.05. The van der Waals surface area contributed by atoms with Crippen LogP contribution in [-0.4, -0.2) is 85.9 Å². The van der Waals surface area contributed by atoms with Crippen LogP contribution in [0, 0.1) is 0 Å². The Kier molecular flexibility index (Phi) is 9.53. The van der Waals surface area contributed by atoms with E-state index < -0.39 is 17.9 Å². The van der Waals surface area contributed by atoms with Crippen LogP contribution >= 0.6 is 11.6 Å². The van der Waals surface area contributed by atoms with E-state index >= 15 is 0 Å². The zero-order valence-corrected chi connectivity index (χ0v) is 20.9. The van der Waals surface area contributed by atoms with Gasteiger partial charge in [-0.25, -0.2) is 9.59 Å². The van der Waals surface area contributed by atoms with Gasteiger partial charge in [-0.2, -0.15) is 0 Å². The van der Waals surface area contributed by atoms with E-state index in [0.717, 1.165) is 26.2 Å². The van der Waals surface area contributed by atoms with E-state index in [4.69, 9.17) is 21.1 Å². The number of β-amino-alcohol motifs (C(OH)–C–C–N with tert-alkyl or cyclic N) is 1. The quantitative estimate of drug-likeness (QED) is 0.508. The third-order valence-corrected chi connectivity index (χ3v) is 6.46. The molecule has 0 bridgehead atoms. The van der Waals surface area contributed by atoms with Gasteiger partial charge in [0.15, 0.2) is 0 Å². The van der Waals surface area contributed by atoms with Crippen molar-refractivity contribution in [1.82, 2.24) is 15.1 Å². The van der Waals surface area contributed by atoms with Crippen molar-refractivity contribution < 1.29 is 24.2 Å². The first-order chi connectivity index (χ1) is 16.4. The third kappa shape index (κ3) is 5.99. The lowest BCUT2D eigenvalue weighted by atomic mass is 9.80. The third-order valence-electron chi connectivity index (χ3n) is 6.11. The first-order valence-corrected chi connectivity index (χ1v) is 12.1. The second kappa shape index (κ2) is 12.4. The van der Waals surface area contributed by atoms with Crippen molar-refractivity contribution in [1.29, 1.82) is 0 Å². The molecule has 8 nitrogen and oxygen atoms in total. The molecule has 2 aliphatic rings. The Bertz CT molecular complexity index is 954. The van der Waals surface area contributed by atoms with Gasteiger partial charge in [-0.3, -0.25) is 9.80 Å². The highest BCUT2D eigenvalue weighted by Gasteiger charge is 2.40. The maximum Gasteiger partial charge on any atom is 0.336 e. The molecule has 0 amide bonds. The molecule has 186 valence electrons. The Morgan fingerprint density at radius 3 is 2.21 bits per heavy atom. The lowest BCUT2D eigenvalue weighted by Crippen LogP contribution is -2.49. The van der Waals surface area contributed by atoms with Gasteiger partial charge >= 0.3 is 11.9 Å². The highest BCUT2D eigenvalue weighted by atomic mass is 35.5. The first kappa shape index (κ1) is 26.2. The summed E-state index contributed by atoms with van der Waals surface area (Å²) >= 11 is 6.58. The van der Waals surface area contributed by atoms with Crippen molar-refractivity contribution in [3.05, 3.63) is 57.4 Å². The summed E-state index contributed by atoms with van der Waals surface area (Å²) < 4.78 is 10.8. The number of benzene rings is 1. The molecule has 1 saturated heterocycles. The molecular formula is C25H34ClN3O5.